The fourth-order valence-corrected chi connectivity index (χ4v) is 4.16. The number of hydrogen-bond acceptors (Lipinski definition) is 2. The number of benzene rings is 3. The SMILES string of the molecule is Cc1ccc(N(Cc2cccc(F)c2)S(=O)(=O)c2ccc(Cl)cc2)cc1F. The first kappa shape index (κ1) is 19.3. The van der Waals surface area contributed by atoms with E-state index in [1.807, 2.05) is 0 Å². The minimum atomic E-state index is -4.03. The molecule has 3 nitrogen and oxygen atoms in total. The highest BCUT2D eigenvalue weighted by Gasteiger charge is 2.26. The van der Waals surface area contributed by atoms with E-state index in [1.54, 1.807) is 13.0 Å². The van der Waals surface area contributed by atoms with Gasteiger partial charge in [0, 0.05) is 5.02 Å². The van der Waals surface area contributed by atoms with Crippen molar-refractivity contribution < 1.29 is 17.2 Å². The van der Waals surface area contributed by atoms with Crippen LogP contribution in [0.1, 0.15) is 11.1 Å². The first-order valence-corrected chi connectivity index (χ1v) is 9.88. The van der Waals surface area contributed by atoms with Gasteiger partial charge in [0.25, 0.3) is 10.0 Å². The van der Waals surface area contributed by atoms with Crippen LogP contribution in [0.3, 0.4) is 0 Å². The van der Waals surface area contributed by atoms with Gasteiger partial charge in [0.1, 0.15) is 11.6 Å². The highest BCUT2D eigenvalue weighted by atomic mass is 35.5. The van der Waals surface area contributed by atoms with Crippen molar-refractivity contribution in [1.82, 2.24) is 0 Å². The second-order valence-corrected chi connectivity index (χ2v) is 8.33. The van der Waals surface area contributed by atoms with Crippen molar-refractivity contribution in [1.29, 1.82) is 0 Å². The lowest BCUT2D eigenvalue weighted by atomic mass is 10.2. The number of anilines is 1. The molecule has 0 aliphatic heterocycles. The Hall–Kier alpha value is -2.44. The summed E-state index contributed by atoms with van der Waals surface area (Å²) in [5.41, 5.74) is 0.985. The fourth-order valence-electron chi connectivity index (χ4n) is 2.59. The van der Waals surface area contributed by atoms with Crippen LogP contribution in [0, 0.1) is 18.6 Å². The van der Waals surface area contributed by atoms with Gasteiger partial charge in [-0.05, 0) is 66.6 Å². The number of rotatable bonds is 5. The number of nitrogens with zero attached hydrogens (tertiary/aromatic N) is 1. The van der Waals surface area contributed by atoms with Crippen LogP contribution in [0.4, 0.5) is 14.5 Å². The molecule has 0 saturated heterocycles. The highest BCUT2D eigenvalue weighted by Crippen LogP contribution is 2.28. The number of sulfonamides is 1. The fraction of sp³-hybridized carbons (Fsp3) is 0.100. The van der Waals surface area contributed by atoms with Gasteiger partial charge in [-0.2, -0.15) is 0 Å². The standard InChI is InChI=1S/C20H16ClF2NO2S/c1-14-5-8-18(12-20(14)23)24(13-15-3-2-4-17(22)11-15)27(25,26)19-9-6-16(21)7-10-19/h2-12H,13H2,1H3. The molecule has 0 aromatic heterocycles. The summed E-state index contributed by atoms with van der Waals surface area (Å²) < 4.78 is 55.1. The Labute approximate surface area is 161 Å². The van der Waals surface area contributed by atoms with E-state index in [4.69, 9.17) is 11.6 Å². The molecule has 0 aliphatic rings. The van der Waals surface area contributed by atoms with E-state index in [0.717, 1.165) is 10.4 Å². The Morgan fingerprint density at radius 2 is 1.67 bits per heavy atom. The largest absolute Gasteiger partial charge is 0.264 e. The van der Waals surface area contributed by atoms with Gasteiger partial charge in [0.2, 0.25) is 0 Å². The van der Waals surface area contributed by atoms with Crippen LogP contribution in [0.5, 0.6) is 0 Å². The zero-order valence-electron chi connectivity index (χ0n) is 14.4. The van der Waals surface area contributed by atoms with Crippen LogP contribution in [0.25, 0.3) is 0 Å². The Kier molecular flexibility index (Phi) is 5.48. The normalized spacial score (nSPS) is 11.4. The van der Waals surface area contributed by atoms with Crippen LogP contribution < -0.4 is 4.31 Å². The third-order valence-electron chi connectivity index (χ3n) is 4.06. The summed E-state index contributed by atoms with van der Waals surface area (Å²) in [6.07, 6.45) is 0. The second kappa shape index (κ2) is 7.66. The maximum absolute atomic E-state index is 14.1. The van der Waals surface area contributed by atoms with Gasteiger partial charge in [-0.1, -0.05) is 29.8 Å². The molecule has 0 unspecified atom stereocenters. The molecule has 3 rings (SSSR count). The summed E-state index contributed by atoms with van der Waals surface area (Å²) in [5.74, 6) is -1.01. The summed E-state index contributed by atoms with van der Waals surface area (Å²) in [7, 11) is -4.03. The molecule has 0 spiro atoms. The lowest BCUT2D eigenvalue weighted by Crippen LogP contribution is -2.30. The highest BCUT2D eigenvalue weighted by molar-refractivity contribution is 7.92. The smallest absolute Gasteiger partial charge is 0.262 e. The first-order valence-electron chi connectivity index (χ1n) is 8.06. The monoisotopic (exact) mass is 407 g/mol. The van der Waals surface area contributed by atoms with E-state index in [-0.39, 0.29) is 17.1 Å². The summed E-state index contributed by atoms with van der Waals surface area (Å²) in [6.45, 7) is 1.44. The van der Waals surface area contributed by atoms with E-state index in [0.29, 0.717) is 16.1 Å². The molecule has 0 saturated carbocycles. The zero-order chi connectivity index (χ0) is 19.6. The van der Waals surface area contributed by atoms with Gasteiger partial charge in [-0.15, -0.1) is 0 Å². The Balaban J connectivity index is 2.11. The van der Waals surface area contributed by atoms with Crippen LogP contribution >= 0.6 is 11.6 Å². The summed E-state index contributed by atoms with van der Waals surface area (Å²) in [4.78, 5) is 0.00397. The third-order valence-corrected chi connectivity index (χ3v) is 6.10. The van der Waals surface area contributed by atoms with Gasteiger partial charge in [-0.3, -0.25) is 4.31 Å². The lowest BCUT2D eigenvalue weighted by Gasteiger charge is -2.25. The van der Waals surface area contributed by atoms with Crippen LogP contribution in [-0.2, 0) is 16.6 Å². The number of halogens is 3. The zero-order valence-corrected chi connectivity index (χ0v) is 15.9. The van der Waals surface area contributed by atoms with Crippen LogP contribution in [0.15, 0.2) is 71.6 Å². The maximum Gasteiger partial charge on any atom is 0.264 e. The molecule has 140 valence electrons. The summed E-state index contributed by atoms with van der Waals surface area (Å²) >= 11 is 5.84. The van der Waals surface area contributed by atoms with Crippen molar-refractivity contribution in [2.24, 2.45) is 0 Å². The van der Waals surface area contributed by atoms with Gasteiger partial charge < -0.3 is 0 Å². The van der Waals surface area contributed by atoms with Gasteiger partial charge in [0.05, 0.1) is 17.1 Å². The molecule has 0 bridgehead atoms. The van der Waals surface area contributed by atoms with Crippen molar-refractivity contribution in [3.63, 3.8) is 0 Å². The quantitative estimate of drug-likeness (QED) is 0.573. The van der Waals surface area contributed by atoms with Crippen molar-refractivity contribution in [3.05, 3.63) is 94.5 Å². The van der Waals surface area contributed by atoms with Gasteiger partial charge in [0.15, 0.2) is 0 Å². The summed E-state index contributed by atoms with van der Waals surface area (Å²) in [6, 6.07) is 15.5. The van der Waals surface area contributed by atoms with Crippen LogP contribution in [0.2, 0.25) is 5.02 Å². The molecular formula is C20H16ClF2NO2S. The van der Waals surface area contributed by atoms with E-state index in [1.165, 1.54) is 54.6 Å². The maximum atomic E-state index is 14.1. The molecular weight excluding hydrogens is 392 g/mol. The third kappa shape index (κ3) is 4.28. The predicted molar refractivity (Wildman–Crippen MR) is 102 cm³/mol. The van der Waals surface area contributed by atoms with E-state index < -0.39 is 21.7 Å². The van der Waals surface area contributed by atoms with Crippen LogP contribution in [-0.4, -0.2) is 8.42 Å². The topological polar surface area (TPSA) is 37.4 Å². The minimum Gasteiger partial charge on any atom is -0.262 e. The van der Waals surface area contributed by atoms with Crippen molar-refractivity contribution in [2.45, 2.75) is 18.4 Å². The molecule has 0 atom stereocenters. The van der Waals surface area contributed by atoms with E-state index in [2.05, 4.69) is 0 Å². The number of hydrogen-bond donors (Lipinski definition) is 0. The predicted octanol–water partition coefficient (Wildman–Crippen LogP) is 5.32. The number of aryl methyl sites for hydroxylation is 1. The molecule has 3 aromatic rings. The molecule has 0 aliphatic carbocycles. The van der Waals surface area contributed by atoms with Gasteiger partial charge >= 0.3 is 0 Å². The van der Waals surface area contributed by atoms with E-state index >= 15 is 0 Å². The second-order valence-electron chi connectivity index (χ2n) is 6.03. The molecule has 0 heterocycles. The molecule has 7 heteroatoms. The first-order chi connectivity index (χ1) is 12.8. The lowest BCUT2D eigenvalue weighted by molar-refractivity contribution is 0.588. The van der Waals surface area contributed by atoms with Crippen molar-refractivity contribution in [3.8, 4) is 0 Å². The molecule has 0 N–H and O–H groups in total. The van der Waals surface area contributed by atoms with E-state index in [9.17, 15) is 17.2 Å². The minimum absolute atomic E-state index is 0.00397. The Morgan fingerprint density at radius 3 is 2.30 bits per heavy atom. The molecule has 0 amide bonds. The average Bonchev–Trinajstić information content (AvgIpc) is 2.62. The Bertz CT molecular complexity index is 1070. The summed E-state index contributed by atoms with van der Waals surface area (Å²) in [5, 5.41) is 0.395. The average molecular weight is 408 g/mol. The molecule has 0 fully saturated rings. The molecule has 3 aromatic carbocycles. The molecule has 27 heavy (non-hydrogen) atoms. The van der Waals surface area contributed by atoms with Crippen molar-refractivity contribution >= 4 is 27.3 Å². The molecule has 0 radical (unpaired) electrons. The Morgan fingerprint density at radius 1 is 0.963 bits per heavy atom. The van der Waals surface area contributed by atoms with Crippen molar-refractivity contribution in [2.75, 3.05) is 4.31 Å². The van der Waals surface area contributed by atoms with Gasteiger partial charge in [-0.25, -0.2) is 17.2 Å².